The van der Waals surface area contributed by atoms with Crippen LogP contribution in [-0.4, -0.2) is 44.0 Å². The third kappa shape index (κ3) is 5.81. The number of nitrogens with zero attached hydrogens (tertiary/aromatic N) is 1. The van der Waals surface area contributed by atoms with E-state index in [1.165, 1.54) is 29.2 Å². The Morgan fingerprint density at radius 3 is 2.38 bits per heavy atom. The Hall–Kier alpha value is -2.95. The van der Waals surface area contributed by atoms with Gasteiger partial charge in [0.2, 0.25) is 5.91 Å². The molecule has 0 bridgehead atoms. The Morgan fingerprint density at radius 1 is 1.11 bits per heavy atom. The van der Waals surface area contributed by atoms with Crippen LogP contribution in [0.25, 0.3) is 0 Å². The number of sulfone groups is 1. The van der Waals surface area contributed by atoms with Crippen molar-refractivity contribution in [1.29, 1.82) is 0 Å². The highest BCUT2D eigenvalue weighted by molar-refractivity contribution is 7.90. The molecule has 2 fully saturated rings. The molecule has 1 saturated heterocycles. The lowest BCUT2D eigenvalue weighted by atomic mass is 9.76. The monoisotopic (exact) mass is 540 g/mol. The zero-order valence-corrected chi connectivity index (χ0v) is 21.2. The topological polar surface area (TPSA) is 83.6 Å². The smallest absolute Gasteiger partial charge is 0.347 e. The molecular formula is C26H28F4N2O4S. The Balaban J connectivity index is 1.59. The molecule has 0 unspecified atom stereocenters. The minimum Gasteiger partial charge on any atom is -0.347 e. The van der Waals surface area contributed by atoms with Gasteiger partial charge in [-0.15, -0.1) is 0 Å². The SMILES string of the molecule is C[C@@H]1C[C@H](C(=O)N[C@@H](c2ccc(C(F)(F)F)cc2F)C2CCC2)N(C(=O)c2cccc(S(C)(=O)=O)c2)C1. The summed E-state index contributed by atoms with van der Waals surface area (Å²) < 4.78 is 77.8. The van der Waals surface area contributed by atoms with E-state index < -0.39 is 51.3 Å². The van der Waals surface area contributed by atoms with Crippen molar-refractivity contribution in [1.82, 2.24) is 10.2 Å². The number of hydrogen-bond donors (Lipinski definition) is 1. The van der Waals surface area contributed by atoms with Crippen molar-refractivity contribution >= 4 is 21.7 Å². The molecule has 200 valence electrons. The maximum Gasteiger partial charge on any atom is 0.416 e. The van der Waals surface area contributed by atoms with Crippen molar-refractivity contribution in [2.24, 2.45) is 11.8 Å². The number of nitrogens with one attached hydrogen (secondary N) is 1. The van der Waals surface area contributed by atoms with Gasteiger partial charge in [0.15, 0.2) is 9.84 Å². The average molecular weight is 541 g/mol. The van der Waals surface area contributed by atoms with Gasteiger partial charge in [-0.25, -0.2) is 12.8 Å². The van der Waals surface area contributed by atoms with E-state index in [4.69, 9.17) is 0 Å². The van der Waals surface area contributed by atoms with E-state index in [9.17, 15) is 35.6 Å². The molecule has 4 rings (SSSR count). The number of halogens is 4. The second-order valence-electron chi connectivity index (χ2n) is 10.0. The van der Waals surface area contributed by atoms with Gasteiger partial charge in [0, 0.05) is 23.9 Å². The van der Waals surface area contributed by atoms with Crippen LogP contribution >= 0.6 is 0 Å². The van der Waals surface area contributed by atoms with Crippen molar-refractivity contribution in [3.05, 3.63) is 65.0 Å². The number of amides is 2. The van der Waals surface area contributed by atoms with Gasteiger partial charge >= 0.3 is 6.18 Å². The van der Waals surface area contributed by atoms with E-state index in [1.807, 2.05) is 6.92 Å². The van der Waals surface area contributed by atoms with Crippen molar-refractivity contribution in [2.75, 3.05) is 12.8 Å². The van der Waals surface area contributed by atoms with Gasteiger partial charge in [0.05, 0.1) is 16.5 Å². The number of likely N-dealkylation sites (tertiary alicyclic amines) is 1. The fourth-order valence-electron chi connectivity index (χ4n) is 4.97. The first-order valence-electron chi connectivity index (χ1n) is 12.0. The summed E-state index contributed by atoms with van der Waals surface area (Å²) in [7, 11) is -3.55. The first kappa shape index (κ1) is 27.1. The van der Waals surface area contributed by atoms with Gasteiger partial charge in [0.1, 0.15) is 11.9 Å². The van der Waals surface area contributed by atoms with Crippen molar-refractivity contribution < 1.29 is 35.6 Å². The van der Waals surface area contributed by atoms with E-state index in [0.717, 1.165) is 24.8 Å². The Morgan fingerprint density at radius 2 is 1.81 bits per heavy atom. The molecule has 1 saturated carbocycles. The molecule has 37 heavy (non-hydrogen) atoms. The molecule has 0 aromatic heterocycles. The molecule has 0 radical (unpaired) electrons. The Kier molecular flexibility index (Phi) is 7.38. The van der Waals surface area contributed by atoms with E-state index in [1.54, 1.807) is 0 Å². The molecule has 2 aliphatic rings. The van der Waals surface area contributed by atoms with Crippen LogP contribution in [0.3, 0.4) is 0 Å². The fraction of sp³-hybridized carbons (Fsp3) is 0.462. The maximum absolute atomic E-state index is 14.8. The van der Waals surface area contributed by atoms with Crippen LogP contribution in [0.4, 0.5) is 17.6 Å². The zero-order valence-electron chi connectivity index (χ0n) is 20.4. The molecule has 1 aliphatic carbocycles. The highest BCUT2D eigenvalue weighted by atomic mass is 32.2. The molecule has 6 nitrogen and oxygen atoms in total. The first-order chi connectivity index (χ1) is 17.3. The molecule has 2 amide bonds. The van der Waals surface area contributed by atoms with Crippen LogP contribution in [0.15, 0.2) is 47.4 Å². The molecule has 2 aromatic rings. The second-order valence-corrected chi connectivity index (χ2v) is 12.0. The molecule has 1 aliphatic heterocycles. The van der Waals surface area contributed by atoms with E-state index >= 15 is 0 Å². The summed E-state index contributed by atoms with van der Waals surface area (Å²) >= 11 is 0. The largest absolute Gasteiger partial charge is 0.416 e. The molecular weight excluding hydrogens is 512 g/mol. The Bertz CT molecular complexity index is 1310. The predicted molar refractivity (Wildman–Crippen MR) is 128 cm³/mol. The minimum atomic E-state index is -4.69. The highest BCUT2D eigenvalue weighted by Gasteiger charge is 2.41. The van der Waals surface area contributed by atoms with Gasteiger partial charge in [-0.1, -0.05) is 25.5 Å². The van der Waals surface area contributed by atoms with Gasteiger partial charge in [0.25, 0.3) is 5.91 Å². The van der Waals surface area contributed by atoms with E-state index in [0.29, 0.717) is 25.3 Å². The van der Waals surface area contributed by atoms with Gasteiger partial charge in [-0.3, -0.25) is 9.59 Å². The summed E-state index contributed by atoms with van der Waals surface area (Å²) in [6.07, 6.45) is -1.08. The molecule has 3 atom stereocenters. The molecule has 1 heterocycles. The van der Waals surface area contributed by atoms with E-state index in [2.05, 4.69) is 5.32 Å². The lowest BCUT2D eigenvalue weighted by molar-refractivity contribution is -0.137. The number of carbonyl (C=O) groups excluding carboxylic acids is 2. The number of carbonyl (C=O) groups is 2. The lowest BCUT2D eigenvalue weighted by Crippen LogP contribution is -2.48. The number of hydrogen-bond acceptors (Lipinski definition) is 4. The zero-order chi connectivity index (χ0) is 27.1. The lowest BCUT2D eigenvalue weighted by Gasteiger charge is -2.36. The van der Waals surface area contributed by atoms with Crippen LogP contribution in [0.1, 0.15) is 60.1 Å². The normalized spacial score (nSPS) is 21.4. The van der Waals surface area contributed by atoms with Crippen molar-refractivity contribution in [3.8, 4) is 0 Å². The van der Waals surface area contributed by atoms with Crippen molar-refractivity contribution in [3.63, 3.8) is 0 Å². The number of alkyl halides is 3. The summed E-state index contributed by atoms with van der Waals surface area (Å²) in [5, 5.41) is 2.82. The van der Waals surface area contributed by atoms with Crippen molar-refractivity contribution in [2.45, 2.75) is 55.8 Å². The summed E-state index contributed by atoms with van der Waals surface area (Å²) in [6.45, 7) is 2.14. The second kappa shape index (κ2) is 10.1. The first-order valence-corrected chi connectivity index (χ1v) is 13.9. The highest BCUT2D eigenvalue weighted by Crippen LogP contribution is 2.40. The summed E-state index contributed by atoms with van der Waals surface area (Å²) in [5.41, 5.74) is -1.000. The molecule has 1 N–H and O–H groups in total. The van der Waals surface area contributed by atoms with Crippen LogP contribution in [0.2, 0.25) is 0 Å². The maximum atomic E-state index is 14.8. The minimum absolute atomic E-state index is 0.0178. The third-order valence-corrected chi connectivity index (χ3v) is 8.27. The Labute approximate surface area is 213 Å². The quantitative estimate of drug-likeness (QED) is 0.536. The number of benzene rings is 2. The van der Waals surface area contributed by atoms with Gasteiger partial charge in [-0.05, 0) is 61.4 Å². The van der Waals surface area contributed by atoms with Crippen LogP contribution in [-0.2, 0) is 20.8 Å². The standard InChI is InChI=1S/C26H28F4N2O4S/c1-15-11-22(32(14-15)25(34)17-7-4-8-19(12-17)37(2,35)36)24(33)31-23(16-5-3-6-16)20-10-9-18(13-21(20)27)26(28,29)30/h4,7-10,12-13,15-16,22-23H,3,5-6,11,14H2,1-2H3,(H,31,33)/t15-,22-,23-/m1/s1. The number of rotatable bonds is 6. The van der Waals surface area contributed by atoms with Gasteiger partial charge in [-0.2, -0.15) is 13.2 Å². The van der Waals surface area contributed by atoms with Crippen LogP contribution in [0, 0.1) is 17.7 Å². The summed E-state index contributed by atoms with van der Waals surface area (Å²) in [6, 6.07) is 6.18. The summed E-state index contributed by atoms with van der Waals surface area (Å²) in [5.74, 6) is -2.23. The average Bonchev–Trinajstić information content (AvgIpc) is 3.17. The molecule has 0 spiro atoms. The molecule has 11 heteroatoms. The van der Waals surface area contributed by atoms with E-state index in [-0.39, 0.29) is 34.4 Å². The van der Waals surface area contributed by atoms with Crippen LogP contribution < -0.4 is 5.32 Å². The van der Waals surface area contributed by atoms with Crippen LogP contribution in [0.5, 0.6) is 0 Å². The van der Waals surface area contributed by atoms with Gasteiger partial charge < -0.3 is 10.2 Å². The fourth-order valence-corrected chi connectivity index (χ4v) is 5.64. The molecule has 2 aromatic carbocycles. The third-order valence-electron chi connectivity index (χ3n) is 7.16. The predicted octanol–water partition coefficient (Wildman–Crippen LogP) is 4.76. The summed E-state index contributed by atoms with van der Waals surface area (Å²) in [4.78, 5) is 28.1.